The number of rotatable bonds is 4. The van der Waals surface area contributed by atoms with Crippen molar-refractivity contribution < 1.29 is 8.42 Å². The number of hydrogen-bond donors (Lipinski definition) is 1. The maximum atomic E-state index is 12.8. The van der Waals surface area contributed by atoms with Crippen molar-refractivity contribution >= 4 is 21.8 Å². The van der Waals surface area contributed by atoms with Crippen LogP contribution >= 0.6 is 11.8 Å². The van der Waals surface area contributed by atoms with E-state index in [1.165, 1.54) is 0 Å². The summed E-state index contributed by atoms with van der Waals surface area (Å²) in [6.45, 7) is 7.28. The highest BCUT2D eigenvalue weighted by Crippen LogP contribution is 2.32. The number of nitrogens with two attached hydrogens (primary N) is 1. The standard InChI is InChI=1S/C15H24N2O2S2/c1-4-14(16)12-6-5-7-13(10-12)21(18,19)17-8-9-20-15(2,3)11-17/h5-7,10,14H,4,8-9,11,16H2,1-3H3. The molecule has 1 aliphatic rings. The van der Waals surface area contributed by atoms with E-state index in [0.29, 0.717) is 18.0 Å². The van der Waals surface area contributed by atoms with Gasteiger partial charge in [-0.1, -0.05) is 19.1 Å². The average molecular weight is 329 g/mol. The van der Waals surface area contributed by atoms with E-state index in [0.717, 1.165) is 17.7 Å². The van der Waals surface area contributed by atoms with Crippen molar-refractivity contribution in [1.29, 1.82) is 0 Å². The molecule has 1 aromatic carbocycles. The molecule has 1 aromatic rings. The summed E-state index contributed by atoms with van der Waals surface area (Å²) in [7, 11) is -3.43. The lowest BCUT2D eigenvalue weighted by molar-refractivity contribution is 0.387. The van der Waals surface area contributed by atoms with Gasteiger partial charge in [0.2, 0.25) is 10.0 Å². The van der Waals surface area contributed by atoms with Crippen molar-refractivity contribution in [2.75, 3.05) is 18.8 Å². The molecular formula is C15H24N2O2S2. The summed E-state index contributed by atoms with van der Waals surface area (Å²) >= 11 is 1.82. The highest BCUT2D eigenvalue weighted by atomic mass is 32.2. The van der Waals surface area contributed by atoms with Crippen molar-refractivity contribution in [2.45, 2.75) is 42.9 Å². The highest BCUT2D eigenvalue weighted by molar-refractivity contribution is 8.00. The van der Waals surface area contributed by atoms with E-state index in [-0.39, 0.29) is 10.8 Å². The molecule has 0 saturated carbocycles. The second-order valence-electron chi connectivity index (χ2n) is 6.03. The van der Waals surface area contributed by atoms with Crippen LogP contribution in [0.4, 0.5) is 0 Å². The number of benzene rings is 1. The fourth-order valence-electron chi connectivity index (χ4n) is 2.47. The predicted molar refractivity (Wildman–Crippen MR) is 89.0 cm³/mol. The molecule has 1 saturated heterocycles. The summed E-state index contributed by atoms with van der Waals surface area (Å²) in [6.07, 6.45) is 0.789. The third-order valence-electron chi connectivity index (χ3n) is 3.75. The molecule has 0 aliphatic carbocycles. The molecule has 0 aromatic heterocycles. The van der Waals surface area contributed by atoms with Gasteiger partial charge in [-0.25, -0.2) is 8.42 Å². The zero-order valence-corrected chi connectivity index (χ0v) is 14.5. The van der Waals surface area contributed by atoms with E-state index >= 15 is 0 Å². The topological polar surface area (TPSA) is 63.4 Å². The summed E-state index contributed by atoms with van der Waals surface area (Å²) in [5.41, 5.74) is 6.90. The minimum atomic E-state index is -3.43. The average Bonchev–Trinajstić information content (AvgIpc) is 2.45. The maximum absolute atomic E-state index is 12.8. The van der Waals surface area contributed by atoms with Gasteiger partial charge in [0.15, 0.2) is 0 Å². The van der Waals surface area contributed by atoms with Crippen LogP contribution in [0.3, 0.4) is 0 Å². The molecule has 2 N–H and O–H groups in total. The van der Waals surface area contributed by atoms with Gasteiger partial charge in [0.05, 0.1) is 4.90 Å². The second-order valence-corrected chi connectivity index (χ2v) is 9.77. The Morgan fingerprint density at radius 2 is 2.14 bits per heavy atom. The lowest BCUT2D eigenvalue weighted by Crippen LogP contribution is -2.46. The summed E-state index contributed by atoms with van der Waals surface area (Å²) in [5.74, 6) is 0.834. The Morgan fingerprint density at radius 1 is 1.43 bits per heavy atom. The summed E-state index contributed by atoms with van der Waals surface area (Å²) in [4.78, 5) is 0.353. The molecule has 0 spiro atoms. The van der Waals surface area contributed by atoms with E-state index in [9.17, 15) is 8.42 Å². The first-order chi connectivity index (χ1) is 9.76. The second kappa shape index (κ2) is 6.28. The van der Waals surface area contributed by atoms with Gasteiger partial charge in [-0.15, -0.1) is 0 Å². The molecule has 1 fully saturated rings. The van der Waals surface area contributed by atoms with Crippen LogP contribution in [0.15, 0.2) is 29.2 Å². The van der Waals surface area contributed by atoms with E-state index < -0.39 is 10.0 Å². The third-order valence-corrected chi connectivity index (χ3v) is 6.89. The number of nitrogens with zero attached hydrogens (tertiary/aromatic N) is 1. The largest absolute Gasteiger partial charge is 0.324 e. The number of thioether (sulfide) groups is 1. The monoisotopic (exact) mass is 328 g/mol. The normalized spacial score (nSPS) is 21.1. The van der Waals surface area contributed by atoms with Gasteiger partial charge in [0, 0.05) is 29.6 Å². The van der Waals surface area contributed by atoms with Gasteiger partial charge in [0.1, 0.15) is 0 Å². The molecule has 21 heavy (non-hydrogen) atoms. The fourth-order valence-corrected chi connectivity index (χ4v) is 5.44. The first-order valence-corrected chi connectivity index (χ1v) is 9.68. The van der Waals surface area contributed by atoms with Crippen LogP contribution in [0.25, 0.3) is 0 Å². The fraction of sp³-hybridized carbons (Fsp3) is 0.600. The van der Waals surface area contributed by atoms with Crippen LogP contribution in [0.1, 0.15) is 38.8 Å². The Kier molecular flexibility index (Phi) is 5.03. The van der Waals surface area contributed by atoms with E-state index in [4.69, 9.17) is 5.73 Å². The smallest absolute Gasteiger partial charge is 0.243 e. The first-order valence-electron chi connectivity index (χ1n) is 7.26. The number of hydrogen-bond acceptors (Lipinski definition) is 4. The highest BCUT2D eigenvalue weighted by Gasteiger charge is 2.34. The van der Waals surface area contributed by atoms with Gasteiger partial charge >= 0.3 is 0 Å². The molecule has 0 radical (unpaired) electrons. The Morgan fingerprint density at radius 3 is 2.76 bits per heavy atom. The zero-order chi connectivity index (χ0) is 15.7. The molecule has 1 aliphatic heterocycles. The molecule has 6 heteroatoms. The quantitative estimate of drug-likeness (QED) is 0.923. The van der Waals surface area contributed by atoms with Crippen molar-refractivity contribution in [2.24, 2.45) is 5.73 Å². The van der Waals surface area contributed by atoms with E-state index in [1.54, 1.807) is 22.5 Å². The van der Waals surface area contributed by atoms with E-state index in [1.807, 2.05) is 24.8 Å². The maximum Gasteiger partial charge on any atom is 0.243 e. The van der Waals surface area contributed by atoms with Crippen LogP contribution in [-0.4, -0.2) is 36.3 Å². The Hall–Kier alpha value is -0.560. The van der Waals surface area contributed by atoms with Crippen LogP contribution in [-0.2, 0) is 10.0 Å². The Bertz CT molecular complexity index is 599. The van der Waals surface area contributed by atoms with Gasteiger partial charge < -0.3 is 5.73 Å². The zero-order valence-electron chi connectivity index (χ0n) is 12.9. The van der Waals surface area contributed by atoms with Gasteiger partial charge in [-0.2, -0.15) is 16.1 Å². The van der Waals surface area contributed by atoms with Crippen LogP contribution < -0.4 is 5.73 Å². The lowest BCUT2D eigenvalue weighted by Gasteiger charge is -2.36. The van der Waals surface area contributed by atoms with Gasteiger partial charge in [-0.3, -0.25) is 0 Å². The van der Waals surface area contributed by atoms with Crippen LogP contribution in [0.5, 0.6) is 0 Å². The van der Waals surface area contributed by atoms with Gasteiger partial charge in [0.25, 0.3) is 0 Å². The molecular weight excluding hydrogens is 304 g/mol. The lowest BCUT2D eigenvalue weighted by atomic mass is 10.1. The summed E-state index contributed by atoms with van der Waals surface area (Å²) in [5, 5.41) is 0. The molecule has 0 bridgehead atoms. The first kappa shape index (κ1) is 16.8. The summed E-state index contributed by atoms with van der Waals surface area (Å²) < 4.78 is 27.2. The predicted octanol–water partition coefficient (Wildman–Crippen LogP) is 2.61. The van der Waals surface area contributed by atoms with Crippen LogP contribution in [0, 0.1) is 0 Å². The molecule has 1 unspecified atom stereocenters. The minimum absolute atomic E-state index is 0.0389. The van der Waals surface area contributed by atoms with Crippen molar-refractivity contribution in [1.82, 2.24) is 4.31 Å². The number of sulfonamides is 1. The molecule has 2 rings (SSSR count). The van der Waals surface area contributed by atoms with E-state index in [2.05, 4.69) is 13.8 Å². The SMILES string of the molecule is CCC(N)c1cccc(S(=O)(=O)N2CCSC(C)(C)C2)c1. The molecule has 1 atom stereocenters. The van der Waals surface area contributed by atoms with Crippen molar-refractivity contribution in [3.05, 3.63) is 29.8 Å². The van der Waals surface area contributed by atoms with Crippen molar-refractivity contribution in [3.8, 4) is 0 Å². The Labute approximate surface area is 132 Å². The van der Waals surface area contributed by atoms with Crippen LogP contribution in [0.2, 0.25) is 0 Å². The molecule has 118 valence electrons. The third kappa shape index (κ3) is 3.80. The molecule has 4 nitrogen and oxygen atoms in total. The summed E-state index contributed by atoms with van der Waals surface area (Å²) in [6, 6.07) is 6.94. The van der Waals surface area contributed by atoms with Crippen molar-refractivity contribution in [3.63, 3.8) is 0 Å². The Balaban J connectivity index is 2.31. The molecule has 1 heterocycles. The van der Waals surface area contributed by atoms with Gasteiger partial charge in [-0.05, 0) is 38.0 Å². The molecule has 0 amide bonds. The minimum Gasteiger partial charge on any atom is -0.324 e.